The number of hydrogen-bond donors (Lipinski definition) is 1. The van der Waals surface area contributed by atoms with Crippen molar-refractivity contribution in [3.63, 3.8) is 0 Å². The van der Waals surface area contributed by atoms with E-state index in [1.165, 1.54) is 37.2 Å². The van der Waals surface area contributed by atoms with Crippen LogP contribution in [-0.2, 0) is 6.54 Å². The molecule has 1 amide bonds. The second-order valence-electron chi connectivity index (χ2n) is 5.28. The Hall–Kier alpha value is -2.08. The highest BCUT2D eigenvalue weighted by Gasteiger charge is 2.15. The maximum absolute atomic E-state index is 12.1. The minimum atomic E-state index is -0.158. The zero-order chi connectivity index (χ0) is 15.4. The van der Waals surface area contributed by atoms with Crippen molar-refractivity contribution in [2.75, 3.05) is 25.1 Å². The lowest BCUT2D eigenvalue weighted by molar-refractivity contribution is 0.0948. The van der Waals surface area contributed by atoms with Gasteiger partial charge in [-0.15, -0.1) is 0 Å². The highest BCUT2D eigenvalue weighted by atomic mass is 32.1. The summed E-state index contributed by atoms with van der Waals surface area (Å²) in [6, 6.07) is 8.38. The highest BCUT2D eigenvalue weighted by molar-refractivity contribution is 7.04. The molecule has 6 heteroatoms. The van der Waals surface area contributed by atoms with E-state index >= 15 is 0 Å². The third-order valence-electron chi connectivity index (χ3n) is 3.84. The van der Waals surface area contributed by atoms with Gasteiger partial charge < -0.3 is 15.0 Å². The second kappa shape index (κ2) is 6.79. The molecule has 1 N–H and O–H groups in total. The van der Waals surface area contributed by atoms with Crippen molar-refractivity contribution in [1.29, 1.82) is 0 Å². The van der Waals surface area contributed by atoms with Crippen LogP contribution in [0.15, 0.2) is 29.6 Å². The van der Waals surface area contributed by atoms with E-state index in [4.69, 9.17) is 4.74 Å². The van der Waals surface area contributed by atoms with E-state index in [1.807, 2.05) is 0 Å². The highest BCUT2D eigenvalue weighted by Crippen LogP contribution is 2.21. The Morgan fingerprint density at radius 3 is 2.73 bits per heavy atom. The number of methoxy groups -OCH3 is 1. The van der Waals surface area contributed by atoms with E-state index in [0.29, 0.717) is 18.0 Å². The first kappa shape index (κ1) is 14.8. The fraction of sp³-hybridized carbons (Fsp3) is 0.375. The van der Waals surface area contributed by atoms with E-state index in [1.54, 1.807) is 5.38 Å². The molecule has 0 atom stereocenters. The number of benzene rings is 1. The molecule has 0 unspecified atom stereocenters. The van der Waals surface area contributed by atoms with Crippen LogP contribution in [0, 0.1) is 0 Å². The molecule has 1 aromatic heterocycles. The first-order chi connectivity index (χ1) is 10.8. The summed E-state index contributed by atoms with van der Waals surface area (Å²) in [7, 11) is 1.52. The molecule has 2 aromatic rings. The van der Waals surface area contributed by atoms with Gasteiger partial charge in [0, 0.05) is 30.7 Å². The number of rotatable bonds is 5. The summed E-state index contributed by atoms with van der Waals surface area (Å²) in [6.45, 7) is 2.78. The lowest BCUT2D eigenvalue weighted by Gasteiger charge is -2.17. The molecule has 0 radical (unpaired) electrons. The molecule has 1 saturated heterocycles. The van der Waals surface area contributed by atoms with Crippen molar-refractivity contribution in [2.45, 2.75) is 19.4 Å². The van der Waals surface area contributed by atoms with Gasteiger partial charge in [-0.25, -0.2) is 0 Å². The Morgan fingerprint density at radius 2 is 2.05 bits per heavy atom. The maximum atomic E-state index is 12.1. The zero-order valence-electron chi connectivity index (χ0n) is 12.5. The Morgan fingerprint density at radius 1 is 1.32 bits per heavy atom. The van der Waals surface area contributed by atoms with Crippen molar-refractivity contribution in [2.24, 2.45) is 0 Å². The van der Waals surface area contributed by atoms with Crippen LogP contribution in [0.1, 0.15) is 28.8 Å². The lowest BCUT2D eigenvalue weighted by Crippen LogP contribution is -2.23. The minimum Gasteiger partial charge on any atom is -0.480 e. The molecular weight excluding hydrogens is 298 g/mol. The quantitative estimate of drug-likeness (QED) is 0.921. The van der Waals surface area contributed by atoms with Crippen LogP contribution in [0.4, 0.5) is 5.69 Å². The van der Waals surface area contributed by atoms with Gasteiger partial charge in [-0.3, -0.25) is 4.79 Å². The van der Waals surface area contributed by atoms with Crippen LogP contribution < -0.4 is 15.0 Å². The number of carbonyl (C=O) groups excluding carboxylic acids is 1. The van der Waals surface area contributed by atoms with Gasteiger partial charge >= 0.3 is 0 Å². The number of aromatic nitrogens is 1. The van der Waals surface area contributed by atoms with Crippen molar-refractivity contribution in [3.8, 4) is 5.88 Å². The fourth-order valence-corrected chi connectivity index (χ4v) is 3.24. The van der Waals surface area contributed by atoms with Gasteiger partial charge in [-0.2, -0.15) is 4.37 Å². The van der Waals surface area contributed by atoms with Gasteiger partial charge in [0.2, 0.25) is 5.88 Å². The van der Waals surface area contributed by atoms with Crippen molar-refractivity contribution in [1.82, 2.24) is 9.69 Å². The molecular formula is C16H19N3O2S. The summed E-state index contributed by atoms with van der Waals surface area (Å²) in [5, 5.41) is 4.60. The van der Waals surface area contributed by atoms with E-state index in [9.17, 15) is 4.79 Å². The molecule has 1 aliphatic heterocycles. The topological polar surface area (TPSA) is 54.5 Å². The number of ether oxygens (including phenoxy) is 1. The summed E-state index contributed by atoms with van der Waals surface area (Å²) in [5.74, 6) is 0.223. The number of nitrogens with one attached hydrogen (secondary N) is 1. The molecule has 1 aromatic carbocycles. The van der Waals surface area contributed by atoms with E-state index in [0.717, 1.165) is 18.7 Å². The van der Waals surface area contributed by atoms with Gasteiger partial charge in [0.05, 0.1) is 7.11 Å². The summed E-state index contributed by atoms with van der Waals surface area (Å²) in [4.78, 5) is 14.5. The third kappa shape index (κ3) is 3.22. The second-order valence-corrected chi connectivity index (χ2v) is 5.91. The summed E-state index contributed by atoms with van der Waals surface area (Å²) < 4.78 is 9.08. The van der Waals surface area contributed by atoms with Crippen LogP contribution in [-0.4, -0.2) is 30.5 Å². The molecule has 5 nitrogen and oxygen atoms in total. The minimum absolute atomic E-state index is 0.158. The van der Waals surface area contributed by atoms with Crippen LogP contribution >= 0.6 is 11.5 Å². The number of amides is 1. The summed E-state index contributed by atoms with van der Waals surface area (Å²) >= 11 is 1.22. The Labute approximate surface area is 134 Å². The van der Waals surface area contributed by atoms with Crippen LogP contribution in [0.25, 0.3) is 0 Å². The first-order valence-electron chi connectivity index (χ1n) is 7.38. The van der Waals surface area contributed by atoms with E-state index < -0.39 is 0 Å². The summed E-state index contributed by atoms with van der Waals surface area (Å²) in [6.07, 6.45) is 2.54. The van der Waals surface area contributed by atoms with Crippen LogP contribution in [0.5, 0.6) is 5.88 Å². The Balaban J connectivity index is 1.58. The monoisotopic (exact) mass is 317 g/mol. The average molecular weight is 317 g/mol. The number of anilines is 1. The zero-order valence-corrected chi connectivity index (χ0v) is 13.4. The number of carbonyl (C=O) groups is 1. The van der Waals surface area contributed by atoms with E-state index in [-0.39, 0.29) is 5.91 Å². The molecule has 0 bridgehead atoms. The first-order valence-corrected chi connectivity index (χ1v) is 8.22. The van der Waals surface area contributed by atoms with Gasteiger partial charge in [-0.1, -0.05) is 12.1 Å². The van der Waals surface area contributed by atoms with Crippen molar-refractivity contribution >= 4 is 23.1 Å². The number of hydrogen-bond acceptors (Lipinski definition) is 5. The normalized spacial score (nSPS) is 14.1. The fourth-order valence-electron chi connectivity index (χ4n) is 2.60. The molecule has 0 spiro atoms. The smallest absolute Gasteiger partial charge is 0.257 e. The van der Waals surface area contributed by atoms with Crippen molar-refractivity contribution in [3.05, 3.63) is 40.8 Å². The molecule has 0 saturated carbocycles. The molecule has 1 aliphatic rings. The standard InChI is InChI=1S/C16H19N3O2S/c1-21-16-14(11-22-18-16)15(20)17-10-12-4-6-13(7-5-12)19-8-2-3-9-19/h4-7,11H,2-3,8-10H2,1H3,(H,17,20). The van der Waals surface area contributed by atoms with Crippen LogP contribution in [0.2, 0.25) is 0 Å². The largest absolute Gasteiger partial charge is 0.480 e. The molecule has 22 heavy (non-hydrogen) atoms. The molecule has 2 heterocycles. The Bertz CT molecular complexity index is 633. The predicted octanol–water partition coefficient (Wildman–Crippen LogP) is 2.68. The average Bonchev–Trinajstić information content (AvgIpc) is 3.24. The molecule has 0 aliphatic carbocycles. The van der Waals surface area contributed by atoms with Gasteiger partial charge in [0.1, 0.15) is 5.56 Å². The molecule has 3 rings (SSSR count). The Kier molecular flexibility index (Phi) is 4.58. The molecule has 1 fully saturated rings. The SMILES string of the molecule is COc1nscc1C(=O)NCc1ccc(N2CCCC2)cc1. The third-order valence-corrected chi connectivity index (χ3v) is 4.45. The predicted molar refractivity (Wildman–Crippen MR) is 87.7 cm³/mol. The number of nitrogens with zero attached hydrogens (tertiary/aromatic N) is 2. The van der Waals surface area contributed by atoms with Gasteiger partial charge in [-0.05, 0) is 42.1 Å². The van der Waals surface area contributed by atoms with Crippen molar-refractivity contribution < 1.29 is 9.53 Å². The lowest BCUT2D eigenvalue weighted by atomic mass is 10.2. The van der Waals surface area contributed by atoms with Crippen LogP contribution in [0.3, 0.4) is 0 Å². The van der Waals surface area contributed by atoms with E-state index in [2.05, 4.69) is 38.9 Å². The maximum Gasteiger partial charge on any atom is 0.257 e. The summed E-state index contributed by atoms with van der Waals surface area (Å²) in [5.41, 5.74) is 2.83. The van der Waals surface area contributed by atoms with Gasteiger partial charge in [0.25, 0.3) is 5.91 Å². The molecule has 116 valence electrons. The van der Waals surface area contributed by atoms with Gasteiger partial charge in [0.15, 0.2) is 0 Å².